The third-order valence-electron chi connectivity index (χ3n) is 12.9. The first-order valence-electron chi connectivity index (χ1n) is 23.0. The second-order valence-corrected chi connectivity index (χ2v) is 22.3. The highest BCUT2D eigenvalue weighted by Crippen LogP contribution is 2.52. The summed E-state index contributed by atoms with van der Waals surface area (Å²) in [6, 6.07) is 19.9. The van der Waals surface area contributed by atoms with Gasteiger partial charge >= 0.3 is 0 Å². The molecule has 5 rings (SSSR count). The number of rotatable bonds is 16. The summed E-state index contributed by atoms with van der Waals surface area (Å²) in [6.07, 6.45) is 8.67. The van der Waals surface area contributed by atoms with Gasteiger partial charge in [-0.05, 0) is 147 Å². The number of hydrogen-bond acceptors (Lipinski definition) is 0. The van der Waals surface area contributed by atoms with Gasteiger partial charge in [-0.3, -0.25) is 0 Å². The van der Waals surface area contributed by atoms with Crippen LogP contribution in [0.1, 0.15) is 208 Å². The summed E-state index contributed by atoms with van der Waals surface area (Å²) in [5, 5.41) is 0. The third kappa shape index (κ3) is 8.75. The highest BCUT2D eigenvalue weighted by molar-refractivity contribution is 5.46. The molecular weight excluding hydrogens is 681 g/mol. The summed E-state index contributed by atoms with van der Waals surface area (Å²) < 4.78 is 0. The Hall–Kier alpha value is -2.88. The van der Waals surface area contributed by atoms with Gasteiger partial charge in [-0.25, -0.2) is 0 Å². The van der Waals surface area contributed by atoms with E-state index in [1.54, 1.807) is 0 Å². The first-order chi connectivity index (χ1) is 26.2. The van der Waals surface area contributed by atoms with Gasteiger partial charge in [0.25, 0.3) is 0 Å². The van der Waals surface area contributed by atoms with Crippen LogP contribution in [-0.2, 0) is 21.7 Å². The molecule has 1 aliphatic rings. The van der Waals surface area contributed by atoms with E-state index >= 15 is 0 Å². The van der Waals surface area contributed by atoms with E-state index in [0.29, 0.717) is 47.3 Å². The van der Waals surface area contributed by atoms with E-state index in [1.807, 2.05) is 0 Å². The summed E-state index contributed by atoms with van der Waals surface area (Å²) in [5.41, 5.74) is 10.2. The maximum absolute atomic E-state index is 4.32. The molecule has 0 amide bonds. The SMILES string of the molecule is CC(C)CC1(CC(C)C)c2ccc([nH]2)C(CC(C)C)(CC(C)C)c2ccc([nH]2)C(CC(C)C)(CC(C)C)c2ccc([nH]2)C(CC(C)C)(CC(C)C)c2ccc1[nH]2. The van der Waals surface area contributed by atoms with Gasteiger partial charge in [0.2, 0.25) is 0 Å². The molecule has 8 bridgehead atoms. The lowest BCUT2D eigenvalue weighted by Gasteiger charge is -2.40. The number of nitrogens with one attached hydrogen (secondary N) is 4. The van der Waals surface area contributed by atoms with Crippen LogP contribution in [0.2, 0.25) is 0 Å². The monoisotopic (exact) mass is 765 g/mol. The Bertz CT molecular complexity index is 1420. The van der Waals surface area contributed by atoms with Crippen molar-refractivity contribution in [2.45, 2.75) is 184 Å². The molecule has 0 aliphatic carbocycles. The van der Waals surface area contributed by atoms with Gasteiger partial charge in [-0.15, -0.1) is 0 Å². The van der Waals surface area contributed by atoms with Crippen molar-refractivity contribution < 1.29 is 0 Å². The van der Waals surface area contributed by atoms with Gasteiger partial charge in [0.15, 0.2) is 0 Å². The minimum absolute atomic E-state index is 0.176. The highest BCUT2D eigenvalue weighted by atomic mass is 14.9. The fourth-order valence-corrected chi connectivity index (χ4v) is 12.1. The molecule has 1 aliphatic heterocycles. The molecule has 4 nitrogen and oxygen atoms in total. The summed E-state index contributed by atoms with van der Waals surface area (Å²) in [6.45, 7) is 38.7. The quantitative estimate of drug-likeness (QED) is 0.0878. The number of fused-ring (bicyclic) bond motifs is 8. The number of H-pyrrole nitrogens is 4. The molecule has 56 heavy (non-hydrogen) atoms. The van der Waals surface area contributed by atoms with Crippen molar-refractivity contribution in [1.29, 1.82) is 0 Å². The Morgan fingerprint density at radius 3 is 0.446 bits per heavy atom. The Morgan fingerprint density at radius 1 is 0.250 bits per heavy atom. The van der Waals surface area contributed by atoms with E-state index in [2.05, 4.69) is 179 Å². The van der Waals surface area contributed by atoms with Crippen LogP contribution in [0.4, 0.5) is 0 Å². The maximum Gasteiger partial charge on any atom is 0.0508 e. The summed E-state index contributed by atoms with van der Waals surface area (Å²) in [7, 11) is 0. The van der Waals surface area contributed by atoms with Crippen molar-refractivity contribution in [3.8, 4) is 0 Å². The van der Waals surface area contributed by atoms with Crippen LogP contribution in [0.3, 0.4) is 0 Å². The van der Waals surface area contributed by atoms with E-state index in [9.17, 15) is 0 Å². The fourth-order valence-electron chi connectivity index (χ4n) is 12.1. The Morgan fingerprint density at radius 2 is 0.357 bits per heavy atom. The second-order valence-electron chi connectivity index (χ2n) is 22.3. The van der Waals surface area contributed by atoms with Crippen molar-refractivity contribution in [3.63, 3.8) is 0 Å². The molecule has 4 heteroatoms. The zero-order valence-corrected chi connectivity index (χ0v) is 38.9. The van der Waals surface area contributed by atoms with Gasteiger partial charge < -0.3 is 19.9 Å². The van der Waals surface area contributed by atoms with E-state index in [0.717, 1.165) is 51.4 Å². The molecule has 0 unspecified atom stereocenters. The van der Waals surface area contributed by atoms with Crippen LogP contribution in [-0.4, -0.2) is 19.9 Å². The van der Waals surface area contributed by atoms with Crippen molar-refractivity contribution in [2.24, 2.45) is 47.3 Å². The molecule has 0 saturated carbocycles. The molecule has 0 saturated heterocycles. The number of aromatic nitrogens is 4. The Kier molecular flexibility index (Phi) is 13.5. The van der Waals surface area contributed by atoms with Crippen molar-refractivity contribution >= 4 is 0 Å². The lowest BCUT2D eigenvalue weighted by Crippen LogP contribution is -2.37. The van der Waals surface area contributed by atoms with Crippen molar-refractivity contribution in [2.75, 3.05) is 0 Å². The lowest BCUT2D eigenvalue weighted by atomic mass is 9.69. The summed E-state index contributed by atoms with van der Waals surface area (Å²) >= 11 is 0. The third-order valence-corrected chi connectivity index (χ3v) is 12.9. The van der Waals surface area contributed by atoms with Crippen LogP contribution in [0.25, 0.3) is 0 Å². The van der Waals surface area contributed by atoms with Crippen LogP contribution >= 0.6 is 0 Å². The Labute approximate surface area is 344 Å². The molecule has 5 heterocycles. The minimum atomic E-state index is -0.176. The van der Waals surface area contributed by atoms with Gasteiger partial charge in [-0.2, -0.15) is 0 Å². The maximum atomic E-state index is 4.32. The molecule has 0 radical (unpaired) electrons. The molecule has 0 aromatic carbocycles. The van der Waals surface area contributed by atoms with E-state index in [-0.39, 0.29) is 21.7 Å². The topological polar surface area (TPSA) is 63.2 Å². The van der Waals surface area contributed by atoms with E-state index in [4.69, 9.17) is 0 Å². The largest absolute Gasteiger partial charge is 0.361 e. The van der Waals surface area contributed by atoms with E-state index < -0.39 is 0 Å². The molecule has 4 N–H and O–H groups in total. The molecule has 0 atom stereocenters. The average Bonchev–Trinajstić information content (AvgIpc) is 3.88. The molecule has 0 spiro atoms. The molecule has 4 aromatic rings. The fraction of sp³-hybridized carbons (Fsp3) is 0.692. The first kappa shape index (κ1) is 44.2. The zero-order valence-electron chi connectivity index (χ0n) is 38.9. The van der Waals surface area contributed by atoms with Gasteiger partial charge in [-0.1, -0.05) is 111 Å². The van der Waals surface area contributed by atoms with Gasteiger partial charge in [0.05, 0.1) is 21.7 Å². The zero-order chi connectivity index (χ0) is 41.4. The van der Waals surface area contributed by atoms with Crippen LogP contribution < -0.4 is 0 Å². The standard InChI is InChI=1S/C52H84N4/c1-33(2)25-49(26-34(3)4)41-17-19-43(53-41)50(27-35(5)6,28-36(7)8)45-21-23-47(55-45)52(31-39(13)14,32-40(15)16)48-24-22-46(56-48)51(29-37(9)10,30-38(11)12)44-20-18-42(49)54-44/h17-24,33-40,53-56H,25-32H2,1-16H3. The molecule has 0 fully saturated rings. The van der Waals surface area contributed by atoms with Gasteiger partial charge in [0.1, 0.15) is 0 Å². The van der Waals surface area contributed by atoms with Crippen LogP contribution in [0, 0.1) is 47.3 Å². The normalized spacial score (nSPS) is 17.6. The lowest BCUT2D eigenvalue weighted by molar-refractivity contribution is 0.295. The predicted molar refractivity (Wildman–Crippen MR) is 242 cm³/mol. The smallest absolute Gasteiger partial charge is 0.0508 e. The number of hydrogen-bond donors (Lipinski definition) is 4. The summed E-state index contributed by atoms with van der Waals surface area (Å²) in [5.74, 6) is 4.20. The molecular formula is C52H84N4. The van der Waals surface area contributed by atoms with E-state index in [1.165, 1.54) is 45.6 Å². The Balaban J connectivity index is 1.99. The van der Waals surface area contributed by atoms with Crippen LogP contribution in [0.15, 0.2) is 48.5 Å². The average molecular weight is 765 g/mol. The van der Waals surface area contributed by atoms with Crippen molar-refractivity contribution in [3.05, 3.63) is 94.1 Å². The highest BCUT2D eigenvalue weighted by Gasteiger charge is 2.47. The minimum Gasteiger partial charge on any atom is -0.361 e. The van der Waals surface area contributed by atoms with Crippen LogP contribution in [0.5, 0.6) is 0 Å². The van der Waals surface area contributed by atoms with Gasteiger partial charge in [0, 0.05) is 45.6 Å². The molecule has 312 valence electrons. The molecule has 4 aromatic heterocycles. The summed E-state index contributed by atoms with van der Waals surface area (Å²) in [4.78, 5) is 17.3. The number of aromatic amines is 4. The predicted octanol–water partition coefficient (Wildman–Crippen LogP) is 14.8. The first-order valence-corrected chi connectivity index (χ1v) is 23.0. The van der Waals surface area contributed by atoms with Crippen molar-refractivity contribution in [1.82, 2.24) is 19.9 Å². The second kappa shape index (κ2) is 17.1.